The van der Waals surface area contributed by atoms with Crippen molar-refractivity contribution in [1.29, 1.82) is 0 Å². The third-order valence-electron chi connectivity index (χ3n) is 5.91. The highest BCUT2D eigenvalue weighted by atomic mass is 16.5. The molecular weight excluding hydrogens is 324 g/mol. The Kier molecular flexibility index (Phi) is 4.63. The highest BCUT2D eigenvalue weighted by molar-refractivity contribution is 5.89. The van der Waals surface area contributed by atoms with Gasteiger partial charge in [0.25, 0.3) is 0 Å². The van der Waals surface area contributed by atoms with Crippen LogP contribution in [0.1, 0.15) is 32.1 Å². The predicted molar refractivity (Wildman–Crippen MR) is 89.3 cm³/mol. The van der Waals surface area contributed by atoms with Crippen LogP contribution < -0.4 is 21.7 Å². The SMILES string of the molecule is NC1NC2OC3CNC(C4=CCCCC4)NC3C(=O)C2CC1C(=O)O. The minimum absolute atomic E-state index is 0.000252. The highest BCUT2D eigenvalue weighted by Crippen LogP contribution is 2.33. The molecule has 3 fully saturated rings. The van der Waals surface area contributed by atoms with E-state index in [9.17, 15) is 14.7 Å². The summed E-state index contributed by atoms with van der Waals surface area (Å²) >= 11 is 0. The van der Waals surface area contributed by atoms with Crippen LogP contribution in [0.2, 0.25) is 0 Å². The number of carbonyl (C=O) groups is 2. The number of hydrogen-bond donors (Lipinski definition) is 5. The van der Waals surface area contributed by atoms with Crippen LogP contribution in [0.25, 0.3) is 0 Å². The van der Waals surface area contributed by atoms with Gasteiger partial charge in [0.05, 0.1) is 36.3 Å². The lowest BCUT2D eigenvalue weighted by atomic mass is 9.78. The molecule has 3 heterocycles. The van der Waals surface area contributed by atoms with Gasteiger partial charge in [0.15, 0.2) is 5.78 Å². The molecule has 7 unspecified atom stereocenters. The van der Waals surface area contributed by atoms with E-state index < -0.39 is 36.2 Å². The Hall–Kier alpha value is -1.32. The van der Waals surface area contributed by atoms with Gasteiger partial charge in [-0.2, -0.15) is 0 Å². The summed E-state index contributed by atoms with van der Waals surface area (Å²) < 4.78 is 6.05. The lowest BCUT2D eigenvalue weighted by Gasteiger charge is -2.49. The number of ether oxygens (including phenoxy) is 1. The number of aliphatic carboxylic acids is 1. The molecule has 8 nitrogen and oxygen atoms in total. The van der Waals surface area contributed by atoms with Crippen LogP contribution in [0.3, 0.4) is 0 Å². The van der Waals surface area contributed by atoms with Gasteiger partial charge in [-0.25, -0.2) is 0 Å². The van der Waals surface area contributed by atoms with Gasteiger partial charge in [0, 0.05) is 6.54 Å². The van der Waals surface area contributed by atoms with Crippen molar-refractivity contribution in [3.8, 4) is 0 Å². The number of piperidine rings is 1. The van der Waals surface area contributed by atoms with Crippen molar-refractivity contribution < 1.29 is 19.4 Å². The number of hydrogen-bond acceptors (Lipinski definition) is 7. The number of nitrogens with one attached hydrogen (secondary N) is 3. The van der Waals surface area contributed by atoms with Gasteiger partial charge in [0.2, 0.25) is 0 Å². The average Bonchev–Trinajstić information content (AvgIpc) is 2.62. The fourth-order valence-corrected chi connectivity index (χ4v) is 4.49. The summed E-state index contributed by atoms with van der Waals surface area (Å²) in [6, 6.07) is -0.402. The third-order valence-corrected chi connectivity index (χ3v) is 5.91. The number of ketones is 1. The van der Waals surface area contributed by atoms with Crippen LogP contribution in [0, 0.1) is 11.8 Å². The van der Waals surface area contributed by atoms with Crippen molar-refractivity contribution in [1.82, 2.24) is 16.0 Å². The molecule has 0 radical (unpaired) electrons. The summed E-state index contributed by atoms with van der Waals surface area (Å²) in [5.41, 5.74) is 7.21. The molecule has 0 saturated carbocycles. The van der Waals surface area contributed by atoms with Crippen LogP contribution >= 0.6 is 0 Å². The molecule has 0 aromatic rings. The summed E-state index contributed by atoms with van der Waals surface area (Å²) in [6.07, 6.45) is 5.52. The number of fused-ring (bicyclic) bond motifs is 2. The van der Waals surface area contributed by atoms with E-state index in [2.05, 4.69) is 22.0 Å². The van der Waals surface area contributed by atoms with E-state index in [1.807, 2.05) is 0 Å². The molecule has 0 aromatic carbocycles. The zero-order valence-electron chi connectivity index (χ0n) is 14.1. The third kappa shape index (κ3) is 3.13. The Morgan fingerprint density at radius 1 is 1.32 bits per heavy atom. The van der Waals surface area contributed by atoms with E-state index in [1.54, 1.807) is 0 Å². The number of carboxylic acid groups (broad SMARTS) is 1. The molecule has 0 aromatic heterocycles. The van der Waals surface area contributed by atoms with E-state index in [-0.39, 0.29) is 24.5 Å². The van der Waals surface area contributed by atoms with Gasteiger partial charge in [0.1, 0.15) is 6.23 Å². The molecule has 138 valence electrons. The average molecular weight is 350 g/mol. The number of carboxylic acids is 1. The van der Waals surface area contributed by atoms with Crippen molar-refractivity contribution >= 4 is 11.8 Å². The number of allylic oxidation sites excluding steroid dienone is 1. The number of Topliss-reactive ketones (excluding diaryl/α,β-unsaturated/α-hetero) is 1. The molecule has 0 bridgehead atoms. The Balaban J connectivity index is 1.49. The fraction of sp³-hybridized carbons (Fsp3) is 0.765. The van der Waals surface area contributed by atoms with E-state index in [4.69, 9.17) is 10.5 Å². The maximum atomic E-state index is 13.0. The van der Waals surface area contributed by atoms with E-state index in [1.165, 1.54) is 18.4 Å². The maximum Gasteiger partial charge on any atom is 0.309 e. The number of rotatable bonds is 2. The highest BCUT2D eigenvalue weighted by Gasteiger charge is 2.52. The lowest BCUT2D eigenvalue weighted by Crippen LogP contribution is -2.73. The number of nitrogens with two attached hydrogens (primary N) is 1. The molecule has 6 N–H and O–H groups in total. The topological polar surface area (TPSA) is 126 Å². The zero-order chi connectivity index (χ0) is 17.6. The molecule has 4 rings (SSSR count). The van der Waals surface area contributed by atoms with Crippen molar-refractivity contribution in [3.63, 3.8) is 0 Å². The Morgan fingerprint density at radius 3 is 2.88 bits per heavy atom. The van der Waals surface area contributed by atoms with Crippen LogP contribution in [0.5, 0.6) is 0 Å². The molecule has 25 heavy (non-hydrogen) atoms. The van der Waals surface area contributed by atoms with Crippen LogP contribution in [0.15, 0.2) is 11.6 Å². The lowest BCUT2D eigenvalue weighted by molar-refractivity contribution is -0.174. The van der Waals surface area contributed by atoms with E-state index in [0.717, 1.165) is 12.8 Å². The molecule has 7 atom stereocenters. The van der Waals surface area contributed by atoms with Crippen molar-refractivity contribution in [2.45, 2.75) is 62.8 Å². The minimum Gasteiger partial charge on any atom is -0.481 e. The first kappa shape index (κ1) is 17.1. The fourth-order valence-electron chi connectivity index (χ4n) is 4.49. The van der Waals surface area contributed by atoms with Crippen molar-refractivity contribution in [2.75, 3.05) is 6.54 Å². The largest absolute Gasteiger partial charge is 0.481 e. The van der Waals surface area contributed by atoms with Crippen LogP contribution in [-0.4, -0.2) is 54.1 Å². The summed E-state index contributed by atoms with van der Waals surface area (Å²) in [7, 11) is 0. The van der Waals surface area contributed by atoms with Gasteiger partial charge in [-0.3, -0.25) is 25.5 Å². The van der Waals surface area contributed by atoms with Crippen molar-refractivity contribution in [3.05, 3.63) is 11.6 Å². The standard InChI is InChI=1S/C17H26N4O4/c18-14-10(17(23)24)6-9-13(22)12-11(25-16(9)21-14)7-19-15(20-12)8-4-2-1-3-5-8/h4,9-12,14-16,19-21H,1-3,5-7,18H2,(H,23,24). The molecule has 0 spiro atoms. The quantitative estimate of drug-likeness (QED) is 0.413. The Morgan fingerprint density at radius 2 is 2.16 bits per heavy atom. The van der Waals surface area contributed by atoms with Gasteiger partial charge in [-0.15, -0.1) is 0 Å². The summed E-state index contributed by atoms with van der Waals surface area (Å²) in [4.78, 5) is 24.4. The minimum atomic E-state index is -0.975. The van der Waals surface area contributed by atoms with Gasteiger partial charge in [-0.1, -0.05) is 6.08 Å². The molecule has 3 aliphatic heterocycles. The van der Waals surface area contributed by atoms with Gasteiger partial charge in [-0.05, 0) is 37.7 Å². The molecule has 1 aliphatic carbocycles. The molecule has 0 amide bonds. The zero-order valence-corrected chi connectivity index (χ0v) is 14.1. The van der Waals surface area contributed by atoms with Gasteiger partial charge < -0.3 is 15.6 Å². The second kappa shape index (κ2) is 6.77. The molecule has 8 heteroatoms. The Bertz CT molecular complexity index is 595. The van der Waals surface area contributed by atoms with E-state index in [0.29, 0.717) is 6.54 Å². The normalized spacial score (nSPS) is 44.4. The first-order valence-corrected chi connectivity index (χ1v) is 9.16. The smallest absolute Gasteiger partial charge is 0.309 e. The van der Waals surface area contributed by atoms with Crippen LogP contribution in [0.4, 0.5) is 0 Å². The summed E-state index contributed by atoms with van der Waals surface area (Å²) in [6.45, 7) is 0.591. The molecular formula is C17H26N4O4. The maximum absolute atomic E-state index is 13.0. The summed E-state index contributed by atoms with van der Waals surface area (Å²) in [5.74, 6) is -2.19. The summed E-state index contributed by atoms with van der Waals surface area (Å²) in [5, 5.41) is 19.1. The first-order chi connectivity index (χ1) is 12.0. The van der Waals surface area contributed by atoms with Crippen molar-refractivity contribution in [2.24, 2.45) is 17.6 Å². The van der Waals surface area contributed by atoms with Gasteiger partial charge >= 0.3 is 5.97 Å². The first-order valence-electron chi connectivity index (χ1n) is 9.16. The van der Waals surface area contributed by atoms with E-state index >= 15 is 0 Å². The van der Waals surface area contributed by atoms with Crippen LogP contribution in [-0.2, 0) is 14.3 Å². The second-order valence-corrected chi connectivity index (χ2v) is 7.49. The Labute approximate surface area is 146 Å². The molecule has 3 saturated heterocycles. The predicted octanol–water partition coefficient (Wildman–Crippen LogP) is -0.737. The monoisotopic (exact) mass is 350 g/mol. The number of carbonyl (C=O) groups excluding carboxylic acids is 1. The second-order valence-electron chi connectivity index (χ2n) is 7.49. The molecule has 4 aliphatic rings.